The van der Waals surface area contributed by atoms with Gasteiger partial charge in [0.2, 0.25) is 0 Å². The summed E-state index contributed by atoms with van der Waals surface area (Å²) in [5.74, 6) is 0.819. The summed E-state index contributed by atoms with van der Waals surface area (Å²) >= 11 is 0. The Morgan fingerprint density at radius 3 is 2.69 bits per heavy atom. The maximum atomic E-state index is 9.15. The van der Waals surface area contributed by atoms with E-state index in [9.17, 15) is 0 Å². The van der Waals surface area contributed by atoms with Crippen molar-refractivity contribution in [2.45, 2.75) is 12.5 Å². The number of para-hydroxylation sites is 1. The number of aliphatic hydroxyl groups is 1. The lowest BCUT2D eigenvalue weighted by Gasteiger charge is -2.19. The number of nitrogens with two attached hydrogens (primary N) is 1. The fourth-order valence-corrected chi connectivity index (χ4v) is 3.51. The van der Waals surface area contributed by atoms with E-state index in [1.807, 2.05) is 78.7 Å². The minimum atomic E-state index is -0.243. The summed E-state index contributed by atoms with van der Waals surface area (Å²) in [6.07, 6.45) is 0.591. The fraction of sp³-hybridized carbons (Fsp3) is 0.217. The molecule has 0 aliphatic heterocycles. The normalized spacial score (nSPS) is 12.2. The van der Waals surface area contributed by atoms with Crippen LogP contribution in [0.5, 0.6) is 0 Å². The van der Waals surface area contributed by atoms with Gasteiger partial charge in [-0.15, -0.1) is 0 Å². The Morgan fingerprint density at radius 1 is 1.03 bits per heavy atom. The van der Waals surface area contributed by atoms with E-state index in [4.69, 9.17) is 20.3 Å². The predicted molar refractivity (Wildman–Crippen MR) is 115 cm³/mol. The molecular formula is C23H24N4O2. The van der Waals surface area contributed by atoms with Crippen molar-refractivity contribution >= 4 is 16.8 Å². The lowest BCUT2D eigenvalue weighted by molar-refractivity contribution is 0.304. The number of hydrogen-bond acceptors (Lipinski definition) is 6. The lowest BCUT2D eigenvalue weighted by Crippen LogP contribution is -2.23. The standard InChI is InChI=1S/C23H24N4O2/c1-27(13-14-28)22-12-6-7-16(25-22)15-20(24)17-8-2-3-9-18(17)23-19-10-4-5-11-21(19)29-26-23/h2-12,20,28H,13-15,24H2,1H3. The van der Waals surface area contributed by atoms with Crippen molar-refractivity contribution in [1.82, 2.24) is 10.1 Å². The Balaban J connectivity index is 1.64. The van der Waals surface area contributed by atoms with Crippen molar-refractivity contribution in [2.75, 3.05) is 25.1 Å². The molecule has 0 saturated heterocycles. The largest absolute Gasteiger partial charge is 0.395 e. The number of anilines is 1. The average Bonchev–Trinajstić information content (AvgIpc) is 3.18. The van der Waals surface area contributed by atoms with Crippen LogP contribution in [0, 0.1) is 0 Å². The highest BCUT2D eigenvalue weighted by atomic mass is 16.5. The number of likely N-dealkylation sites (N-methyl/N-ethyl adjacent to an activating group) is 1. The van der Waals surface area contributed by atoms with E-state index in [-0.39, 0.29) is 12.6 Å². The summed E-state index contributed by atoms with van der Waals surface area (Å²) < 4.78 is 5.49. The highest BCUT2D eigenvalue weighted by Crippen LogP contribution is 2.33. The third-order valence-corrected chi connectivity index (χ3v) is 5.04. The monoisotopic (exact) mass is 388 g/mol. The van der Waals surface area contributed by atoms with Crippen LogP contribution >= 0.6 is 0 Å². The number of benzene rings is 2. The molecule has 0 spiro atoms. The van der Waals surface area contributed by atoms with Crippen molar-refractivity contribution in [1.29, 1.82) is 0 Å². The Hall–Kier alpha value is -3.22. The molecule has 6 heteroatoms. The Kier molecular flexibility index (Phi) is 5.55. The molecule has 2 aromatic heterocycles. The summed E-state index contributed by atoms with van der Waals surface area (Å²) in [6.45, 7) is 0.617. The number of pyridine rings is 1. The smallest absolute Gasteiger partial charge is 0.167 e. The van der Waals surface area contributed by atoms with E-state index in [0.717, 1.165) is 39.3 Å². The summed E-state index contributed by atoms with van der Waals surface area (Å²) in [5.41, 5.74) is 11.0. The van der Waals surface area contributed by atoms with E-state index < -0.39 is 0 Å². The van der Waals surface area contributed by atoms with Gasteiger partial charge < -0.3 is 20.3 Å². The number of nitrogens with zero attached hydrogens (tertiary/aromatic N) is 3. The molecule has 2 heterocycles. The molecule has 0 amide bonds. The highest BCUT2D eigenvalue weighted by molar-refractivity contribution is 5.92. The minimum Gasteiger partial charge on any atom is -0.395 e. The molecule has 3 N–H and O–H groups in total. The number of aromatic nitrogens is 2. The molecule has 1 unspecified atom stereocenters. The Labute approximate surface area is 169 Å². The van der Waals surface area contributed by atoms with Gasteiger partial charge in [0.25, 0.3) is 0 Å². The van der Waals surface area contributed by atoms with Gasteiger partial charge in [-0.25, -0.2) is 4.98 Å². The van der Waals surface area contributed by atoms with Crippen molar-refractivity contribution in [3.63, 3.8) is 0 Å². The first kappa shape index (κ1) is 19.1. The Morgan fingerprint density at radius 2 is 1.83 bits per heavy atom. The second-order valence-electron chi connectivity index (χ2n) is 7.06. The second-order valence-corrected chi connectivity index (χ2v) is 7.06. The molecular weight excluding hydrogens is 364 g/mol. The van der Waals surface area contributed by atoms with Gasteiger partial charge in [-0.3, -0.25) is 0 Å². The molecule has 0 saturated carbocycles. The van der Waals surface area contributed by atoms with Gasteiger partial charge in [-0.2, -0.15) is 0 Å². The van der Waals surface area contributed by atoms with E-state index in [1.165, 1.54) is 0 Å². The minimum absolute atomic E-state index is 0.0843. The van der Waals surface area contributed by atoms with Crippen LogP contribution in [0.1, 0.15) is 17.3 Å². The average molecular weight is 388 g/mol. The zero-order valence-corrected chi connectivity index (χ0v) is 16.3. The van der Waals surface area contributed by atoms with Crippen LogP contribution in [0.2, 0.25) is 0 Å². The quantitative estimate of drug-likeness (QED) is 0.503. The van der Waals surface area contributed by atoms with Crippen LogP contribution < -0.4 is 10.6 Å². The van der Waals surface area contributed by atoms with Crippen LogP contribution in [0.3, 0.4) is 0 Å². The summed E-state index contributed by atoms with van der Waals surface area (Å²) in [6, 6.07) is 21.5. The van der Waals surface area contributed by atoms with Gasteiger partial charge in [-0.05, 0) is 29.8 Å². The maximum Gasteiger partial charge on any atom is 0.167 e. The molecule has 0 radical (unpaired) electrons. The van der Waals surface area contributed by atoms with Crippen LogP contribution in [-0.2, 0) is 6.42 Å². The SMILES string of the molecule is CN(CCO)c1cccc(CC(N)c2ccccc2-c2noc3ccccc23)n1. The lowest BCUT2D eigenvalue weighted by atomic mass is 9.94. The van der Waals surface area contributed by atoms with Gasteiger partial charge in [0.05, 0.1) is 6.61 Å². The molecule has 4 aromatic rings. The molecule has 2 aromatic carbocycles. The number of fused-ring (bicyclic) bond motifs is 1. The first-order valence-electron chi connectivity index (χ1n) is 9.64. The molecule has 148 valence electrons. The molecule has 0 aliphatic rings. The van der Waals surface area contributed by atoms with E-state index in [2.05, 4.69) is 5.16 Å². The van der Waals surface area contributed by atoms with Gasteiger partial charge >= 0.3 is 0 Å². The van der Waals surface area contributed by atoms with Gasteiger partial charge in [0.15, 0.2) is 5.58 Å². The summed E-state index contributed by atoms with van der Waals surface area (Å²) in [7, 11) is 1.91. The van der Waals surface area contributed by atoms with Crippen LogP contribution in [0.4, 0.5) is 5.82 Å². The zero-order valence-electron chi connectivity index (χ0n) is 16.3. The second kappa shape index (κ2) is 8.43. The predicted octanol–water partition coefficient (Wildman–Crippen LogP) is 3.56. The first-order chi connectivity index (χ1) is 14.2. The van der Waals surface area contributed by atoms with Gasteiger partial charge in [0, 0.05) is 42.7 Å². The molecule has 1 atom stereocenters. The molecule has 29 heavy (non-hydrogen) atoms. The van der Waals surface area contributed by atoms with Crippen molar-refractivity contribution < 1.29 is 9.63 Å². The molecule has 0 bridgehead atoms. The number of hydrogen-bond donors (Lipinski definition) is 2. The third-order valence-electron chi connectivity index (χ3n) is 5.04. The zero-order chi connectivity index (χ0) is 20.2. The molecule has 4 rings (SSSR count). The Bertz CT molecular complexity index is 1110. The van der Waals surface area contributed by atoms with Crippen molar-refractivity contribution in [3.05, 3.63) is 78.0 Å². The maximum absolute atomic E-state index is 9.15. The topological polar surface area (TPSA) is 88.4 Å². The molecule has 0 fully saturated rings. The summed E-state index contributed by atoms with van der Waals surface area (Å²) in [5, 5.41) is 14.4. The van der Waals surface area contributed by atoms with Crippen molar-refractivity contribution in [3.8, 4) is 11.3 Å². The number of aliphatic hydroxyl groups excluding tert-OH is 1. The van der Waals surface area contributed by atoms with E-state index >= 15 is 0 Å². The van der Waals surface area contributed by atoms with Crippen LogP contribution in [0.25, 0.3) is 22.2 Å². The van der Waals surface area contributed by atoms with E-state index in [1.54, 1.807) is 0 Å². The molecule has 6 nitrogen and oxygen atoms in total. The third kappa shape index (κ3) is 3.99. The molecule has 0 aliphatic carbocycles. The fourth-order valence-electron chi connectivity index (χ4n) is 3.51. The van der Waals surface area contributed by atoms with Gasteiger partial charge in [-0.1, -0.05) is 47.6 Å². The van der Waals surface area contributed by atoms with Crippen molar-refractivity contribution in [2.24, 2.45) is 5.73 Å². The van der Waals surface area contributed by atoms with Gasteiger partial charge in [0.1, 0.15) is 11.5 Å². The number of rotatable bonds is 7. The van der Waals surface area contributed by atoms with Crippen LogP contribution in [0.15, 0.2) is 71.3 Å². The highest BCUT2D eigenvalue weighted by Gasteiger charge is 2.18. The van der Waals surface area contributed by atoms with Crippen LogP contribution in [-0.4, -0.2) is 35.4 Å². The first-order valence-corrected chi connectivity index (χ1v) is 9.64. The summed E-state index contributed by atoms with van der Waals surface area (Å²) in [4.78, 5) is 6.62. The van der Waals surface area contributed by atoms with E-state index in [0.29, 0.717) is 13.0 Å².